The van der Waals surface area contributed by atoms with Crippen LogP contribution in [0.4, 0.5) is 0 Å². The number of Topliss-reactive ketones (excluding diaryl/α,β-unsaturated/α-hetero) is 1. The molecular weight excluding hydrogens is 206 g/mol. The molecule has 88 valence electrons. The summed E-state index contributed by atoms with van der Waals surface area (Å²) in [6.45, 7) is 0. The lowest BCUT2D eigenvalue weighted by Crippen LogP contribution is -2.34. The maximum atomic E-state index is 11.8. The second kappa shape index (κ2) is 4.78. The van der Waals surface area contributed by atoms with Crippen molar-refractivity contribution in [2.75, 3.05) is 0 Å². The van der Waals surface area contributed by atoms with E-state index in [2.05, 4.69) is 5.32 Å². The van der Waals surface area contributed by atoms with Crippen molar-refractivity contribution in [3.63, 3.8) is 0 Å². The number of hydrogen-bond donors (Lipinski definition) is 2. The van der Waals surface area contributed by atoms with Gasteiger partial charge in [-0.2, -0.15) is 0 Å². The van der Waals surface area contributed by atoms with E-state index in [0.717, 1.165) is 32.1 Å². The third-order valence-corrected chi connectivity index (χ3v) is 3.37. The van der Waals surface area contributed by atoms with Crippen molar-refractivity contribution in [1.29, 1.82) is 0 Å². The Morgan fingerprint density at radius 2 is 2.19 bits per heavy atom. The number of fused-ring (bicyclic) bond motifs is 2. The molecule has 0 saturated carbocycles. The van der Waals surface area contributed by atoms with Crippen molar-refractivity contribution in [2.45, 2.75) is 50.6 Å². The minimum Gasteiger partial charge on any atom is -0.481 e. The van der Waals surface area contributed by atoms with Gasteiger partial charge in [-0.25, -0.2) is 0 Å². The highest BCUT2D eigenvalue weighted by Crippen LogP contribution is 2.26. The lowest BCUT2D eigenvalue weighted by molar-refractivity contribution is -0.139. The second-order valence-electron chi connectivity index (χ2n) is 4.58. The lowest BCUT2D eigenvalue weighted by atomic mass is 9.97. The number of nitrogens with one attached hydrogen (secondary N) is 1. The van der Waals surface area contributed by atoms with Gasteiger partial charge in [-0.05, 0) is 32.1 Å². The maximum Gasteiger partial charge on any atom is 0.311 e. The van der Waals surface area contributed by atoms with E-state index in [-0.39, 0.29) is 18.2 Å². The first-order chi connectivity index (χ1) is 7.66. The van der Waals surface area contributed by atoms with Gasteiger partial charge in [0.25, 0.3) is 0 Å². The van der Waals surface area contributed by atoms with Crippen molar-refractivity contribution < 1.29 is 14.7 Å². The zero-order valence-corrected chi connectivity index (χ0v) is 9.24. The molecule has 1 saturated heterocycles. The molecule has 2 atom stereocenters. The third kappa shape index (κ3) is 2.50. The Labute approximate surface area is 94.7 Å². The van der Waals surface area contributed by atoms with E-state index in [0.29, 0.717) is 11.6 Å². The third-order valence-electron chi connectivity index (χ3n) is 3.37. The topological polar surface area (TPSA) is 66.4 Å². The number of carbonyl (C=O) groups is 2. The smallest absolute Gasteiger partial charge is 0.311 e. The van der Waals surface area contributed by atoms with Gasteiger partial charge in [0, 0.05) is 17.7 Å². The van der Waals surface area contributed by atoms with Crippen LogP contribution in [0.15, 0.2) is 11.6 Å². The highest BCUT2D eigenvalue weighted by molar-refractivity contribution is 6.05. The predicted octanol–water partition coefficient (Wildman–Crippen LogP) is 1.26. The van der Waals surface area contributed by atoms with Crippen molar-refractivity contribution in [2.24, 2.45) is 0 Å². The fourth-order valence-electron chi connectivity index (χ4n) is 2.60. The number of aliphatic carboxylic acids is 1. The van der Waals surface area contributed by atoms with Crippen LogP contribution in [0.3, 0.4) is 0 Å². The molecule has 16 heavy (non-hydrogen) atoms. The van der Waals surface area contributed by atoms with Crippen molar-refractivity contribution in [3.8, 4) is 0 Å². The van der Waals surface area contributed by atoms with Crippen LogP contribution in [0, 0.1) is 0 Å². The van der Waals surface area contributed by atoms with Crippen molar-refractivity contribution >= 4 is 11.8 Å². The largest absolute Gasteiger partial charge is 0.481 e. The van der Waals surface area contributed by atoms with Gasteiger partial charge >= 0.3 is 5.97 Å². The van der Waals surface area contributed by atoms with Gasteiger partial charge < -0.3 is 10.4 Å². The molecule has 0 aliphatic carbocycles. The minimum absolute atomic E-state index is 0.0946. The number of carbonyl (C=O) groups excluding carboxylic acids is 1. The van der Waals surface area contributed by atoms with E-state index in [9.17, 15) is 9.59 Å². The van der Waals surface area contributed by atoms with Gasteiger partial charge in [0.2, 0.25) is 0 Å². The number of carboxylic acid groups (broad SMARTS) is 1. The van der Waals surface area contributed by atoms with Crippen LogP contribution < -0.4 is 5.32 Å². The van der Waals surface area contributed by atoms with Crippen LogP contribution in [-0.2, 0) is 9.59 Å². The number of allylic oxidation sites excluding steroid dienone is 1. The van der Waals surface area contributed by atoms with E-state index in [4.69, 9.17) is 5.11 Å². The lowest BCUT2D eigenvalue weighted by Gasteiger charge is -2.19. The Hall–Kier alpha value is -1.16. The quantitative estimate of drug-likeness (QED) is 0.707. The molecular formula is C12H17NO3. The van der Waals surface area contributed by atoms with Gasteiger partial charge in [-0.15, -0.1) is 0 Å². The van der Waals surface area contributed by atoms with Crippen LogP contribution in [0.25, 0.3) is 0 Å². The molecule has 0 aromatic rings. The van der Waals surface area contributed by atoms with Gasteiger partial charge in [0.1, 0.15) is 6.42 Å². The predicted molar refractivity (Wildman–Crippen MR) is 59.1 cm³/mol. The molecule has 0 unspecified atom stereocenters. The van der Waals surface area contributed by atoms with Crippen LogP contribution in [0.2, 0.25) is 0 Å². The average Bonchev–Trinajstić information content (AvgIpc) is 2.62. The molecule has 0 aromatic carbocycles. The highest BCUT2D eigenvalue weighted by atomic mass is 16.4. The summed E-state index contributed by atoms with van der Waals surface area (Å²) in [5.41, 5.74) is 0.699. The summed E-state index contributed by atoms with van der Waals surface area (Å²) in [6, 6.07) is 0.614. The summed E-state index contributed by atoms with van der Waals surface area (Å²) in [6.07, 6.45) is 6.75. The summed E-state index contributed by atoms with van der Waals surface area (Å²) in [7, 11) is 0. The SMILES string of the molecule is O=C(O)CC(=O)C1=CCCC[C@@H]2CC[C@H]1N2. The minimum atomic E-state index is -1.04. The number of carboxylic acids is 1. The zero-order valence-electron chi connectivity index (χ0n) is 9.24. The first-order valence-corrected chi connectivity index (χ1v) is 5.88. The molecule has 4 nitrogen and oxygen atoms in total. The summed E-state index contributed by atoms with van der Waals surface area (Å²) in [4.78, 5) is 22.3. The molecule has 1 fully saturated rings. The Balaban J connectivity index is 2.10. The van der Waals surface area contributed by atoms with Gasteiger partial charge in [0.05, 0.1) is 0 Å². The molecule has 0 amide bonds. The summed E-state index contributed by atoms with van der Waals surface area (Å²) < 4.78 is 0. The van der Waals surface area contributed by atoms with Gasteiger partial charge in [0.15, 0.2) is 5.78 Å². The fraction of sp³-hybridized carbons (Fsp3) is 0.667. The number of ketones is 1. The van der Waals surface area contributed by atoms with Crippen LogP contribution in [0.1, 0.15) is 38.5 Å². The second-order valence-corrected chi connectivity index (χ2v) is 4.58. The normalized spacial score (nSPS) is 29.1. The monoisotopic (exact) mass is 223 g/mol. The number of rotatable bonds is 3. The molecule has 2 aliphatic rings. The standard InChI is InChI=1S/C12H17NO3/c14-11(7-12(15)16)9-4-2-1-3-8-5-6-10(9)13-8/h4,8,10,13H,1-3,5-7H2,(H,15,16)/t8-,10-/m1/s1. The molecule has 2 rings (SSSR count). The molecule has 0 spiro atoms. The number of hydrogen-bond acceptors (Lipinski definition) is 3. The summed E-state index contributed by atoms with van der Waals surface area (Å²) in [5, 5.41) is 12.1. The maximum absolute atomic E-state index is 11.8. The van der Waals surface area contributed by atoms with E-state index >= 15 is 0 Å². The Morgan fingerprint density at radius 1 is 1.38 bits per heavy atom. The Morgan fingerprint density at radius 3 is 2.94 bits per heavy atom. The Bertz CT molecular complexity index is 335. The molecule has 2 N–H and O–H groups in total. The van der Waals surface area contributed by atoms with Crippen LogP contribution in [0.5, 0.6) is 0 Å². The average molecular weight is 223 g/mol. The van der Waals surface area contributed by atoms with E-state index in [1.807, 2.05) is 6.08 Å². The Kier molecular flexibility index (Phi) is 3.39. The van der Waals surface area contributed by atoms with Gasteiger partial charge in [-0.3, -0.25) is 9.59 Å². The molecule has 2 heterocycles. The molecule has 0 radical (unpaired) electrons. The zero-order chi connectivity index (χ0) is 11.5. The van der Waals surface area contributed by atoms with Crippen molar-refractivity contribution in [3.05, 3.63) is 11.6 Å². The first-order valence-electron chi connectivity index (χ1n) is 5.88. The molecule has 2 bridgehead atoms. The highest BCUT2D eigenvalue weighted by Gasteiger charge is 2.30. The van der Waals surface area contributed by atoms with Crippen LogP contribution in [-0.4, -0.2) is 28.9 Å². The molecule has 4 heteroatoms. The summed E-state index contributed by atoms with van der Waals surface area (Å²) in [5.74, 6) is -1.27. The van der Waals surface area contributed by atoms with E-state index in [1.165, 1.54) is 0 Å². The molecule has 0 aromatic heterocycles. The van der Waals surface area contributed by atoms with E-state index < -0.39 is 5.97 Å². The summed E-state index contributed by atoms with van der Waals surface area (Å²) >= 11 is 0. The van der Waals surface area contributed by atoms with E-state index in [1.54, 1.807) is 0 Å². The van der Waals surface area contributed by atoms with Crippen LogP contribution >= 0.6 is 0 Å². The van der Waals surface area contributed by atoms with Crippen molar-refractivity contribution in [1.82, 2.24) is 5.32 Å². The first kappa shape index (κ1) is 11.3. The fourth-order valence-corrected chi connectivity index (χ4v) is 2.60. The molecule has 2 aliphatic heterocycles. The van der Waals surface area contributed by atoms with Gasteiger partial charge in [-0.1, -0.05) is 6.08 Å².